The highest BCUT2D eigenvalue weighted by Gasteiger charge is 2.45. The molecule has 2 unspecified atom stereocenters. The van der Waals surface area contributed by atoms with E-state index in [1.165, 1.54) is 30.5 Å². The second-order valence-corrected chi connectivity index (χ2v) is 8.56. The molecule has 3 aliphatic rings. The molecule has 5 heteroatoms. The van der Waals surface area contributed by atoms with Crippen molar-refractivity contribution in [2.75, 3.05) is 19.8 Å². The van der Waals surface area contributed by atoms with E-state index in [4.69, 9.17) is 9.47 Å². The van der Waals surface area contributed by atoms with Crippen molar-refractivity contribution in [1.29, 1.82) is 0 Å². The molecule has 1 aliphatic heterocycles. The first-order valence-electron chi connectivity index (χ1n) is 10.6. The molecule has 2 aliphatic carbocycles. The highest BCUT2D eigenvalue weighted by molar-refractivity contribution is 5.83. The lowest BCUT2D eigenvalue weighted by molar-refractivity contribution is -0.122. The van der Waals surface area contributed by atoms with Gasteiger partial charge < -0.3 is 14.8 Å². The summed E-state index contributed by atoms with van der Waals surface area (Å²) < 4.78 is 24.6. The van der Waals surface area contributed by atoms with E-state index in [0.717, 1.165) is 36.3 Å². The van der Waals surface area contributed by atoms with Gasteiger partial charge in [0.15, 0.2) is 11.5 Å². The molecule has 2 atom stereocenters. The van der Waals surface area contributed by atoms with Gasteiger partial charge in [-0.2, -0.15) is 0 Å². The fraction of sp³-hybridized carbons (Fsp3) is 0.458. The average molecular weight is 395 g/mol. The second kappa shape index (κ2) is 7.36. The molecule has 2 aromatic rings. The molecule has 2 fully saturated rings. The Labute approximate surface area is 170 Å². The van der Waals surface area contributed by atoms with Crippen LogP contribution in [-0.2, 0) is 10.2 Å². The molecule has 0 bridgehead atoms. The predicted octanol–water partition coefficient (Wildman–Crippen LogP) is 4.33. The minimum atomic E-state index is -0.238. The molecule has 0 radical (unpaired) electrons. The van der Waals surface area contributed by atoms with Crippen LogP contribution in [0.2, 0.25) is 0 Å². The number of benzene rings is 2. The van der Waals surface area contributed by atoms with Crippen LogP contribution in [0.15, 0.2) is 42.5 Å². The monoisotopic (exact) mass is 395 g/mol. The van der Waals surface area contributed by atoms with E-state index in [-0.39, 0.29) is 29.0 Å². The maximum absolute atomic E-state index is 13.1. The van der Waals surface area contributed by atoms with Crippen molar-refractivity contribution in [3.8, 4) is 11.5 Å². The largest absolute Gasteiger partial charge is 0.486 e. The first kappa shape index (κ1) is 18.5. The van der Waals surface area contributed by atoms with E-state index in [1.807, 2.05) is 6.07 Å². The third kappa shape index (κ3) is 3.59. The van der Waals surface area contributed by atoms with Crippen LogP contribution in [0.3, 0.4) is 0 Å². The molecule has 0 spiro atoms. The van der Waals surface area contributed by atoms with Gasteiger partial charge in [-0.1, -0.05) is 31.0 Å². The first-order valence-corrected chi connectivity index (χ1v) is 10.6. The fourth-order valence-corrected chi connectivity index (χ4v) is 4.94. The lowest BCUT2D eigenvalue weighted by Crippen LogP contribution is -2.39. The molecule has 1 N–H and O–H groups in total. The van der Waals surface area contributed by atoms with E-state index < -0.39 is 0 Å². The zero-order valence-corrected chi connectivity index (χ0v) is 16.5. The summed E-state index contributed by atoms with van der Waals surface area (Å²) in [4.78, 5) is 12.8. The average Bonchev–Trinajstić information content (AvgIpc) is 3.41. The van der Waals surface area contributed by atoms with Crippen molar-refractivity contribution in [3.63, 3.8) is 0 Å². The standard InChI is InChI=1S/C24H26FNO3/c25-18-6-3-16(4-7-18)19-14-20(19)23(27)26-15-24(9-1-2-10-24)17-5-8-21-22(13-17)29-12-11-28-21/h3-8,13,19-20H,1-2,9-12,14-15H2,(H,26,27). The minimum Gasteiger partial charge on any atom is -0.486 e. The Morgan fingerprint density at radius 2 is 1.76 bits per heavy atom. The normalized spacial score (nSPS) is 24.2. The van der Waals surface area contributed by atoms with Gasteiger partial charge in [0.1, 0.15) is 19.0 Å². The van der Waals surface area contributed by atoms with E-state index in [1.54, 1.807) is 12.1 Å². The van der Waals surface area contributed by atoms with Gasteiger partial charge in [0.05, 0.1) is 0 Å². The van der Waals surface area contributed by atoms with Crippen molar-refractivity contribution in [3.05, 3.63) is 59.4 Å². The topological polar surface area (TPSA) is 47.6 Å². The second-order valence-electron chi connectivity index (χ2n) is 8.56. The van der Waals surface area contributed by atoms with Gasteiger partial charge in [-0.25, -0.2) is 4.39 Å². The van der Waals surface area contributed by atoms with E-state index in [9.17, 15) is 9.18 Å². The summed E-state index contributed by atoms with van der Waals surface area (Å²) in [5, 5.41) is 3.23. The highest BCUT2D eigenvalue weighted by atomic mass is 19.1. The van der Waals surface area contributed by atoms with Crippen LogP contribution in [0, 0.1) is 11.7 Å². The molecule has 1 heterocycles. The number of rotatable bonds is 5. The Morgan fingerprint density at radius 1 is 1.03 bits per heavy atom. The van der Waals surface area contributed by atoms with Crippen molar-refractivity contribution in [2.45, 2.75) is 43.4 Å². The number of ether oxygens (including phenoxy) is 2. The Morgan fingerprint density at radius 3 is 2.52 bits per heavy atom. The molecular weight excluding hydrogens is 369 g/mol. The first-order chi connectivity index (χ1) is 14.1. The molecule has 5 rings (SSSR count). The van der Waals surface area contributed by atoms with Crippen LogP contribution in [-0.4, -0.2) is 25.7 Å². The number of halogens is 1. The number of carbonyl (C=O) groups excluding carboxylic acids is 1. The smallest absolute Gasteiger partial charge is 0.223 e. The molecule has 4 nitrogen and oxygen atoms in total. The number of hydrogen-bond donors (Lipinski definition) is 1. The van der Waals surface area contributed by atoms with Gasteiger partial charge in [-0.05, 0) is 60.6 Å². The number of hydrogen-bond acceptors (Lipinski definition) is 3. The summed E-state index contributed by atoms with van der Waals surface area (Å²) in [7, 11) is 0. The third-order valence-electron chi connectivity index (χ3n) is 6.74. The minimum absolute atomic E-state index is 0.000759. The van der Waals surface area contributed by atoms with Gasteiger partial charge in [-0.15, -0.1) is 0 Å². The number of fused-ring (bicyclic) bond motifs is 1. The van der Waals surface area contributed by atoms with E-state index in [0.29, 0.717) is 19.8 Å². The number of carbonyl (C=O) groups is 1. The third-order valence-corrected chi connectivity index (χ3v) is 6.74. The summed E-state index contributed by atoms with van der Waals surface area (Å²) in [6.07, 6.45) is 5.32. The fourth-order valence-electron chi connectivity index (χ4n) is 4.94. The molecule has 152 valence electrons. The Hall–Kier alpha value is -2.56. The summed E-state index contributed by atoms with van der Waals surface area (Å²) in [5.74, 6) is 1.70. The van der Waals surface area contributed by atoms with Gasteiger partial charge in [0, 0.05) is 17.9 Å². The Balaban J connectivity index is 1.27. The highest BCUT2D eigenvalue weighted by Crippen LogP contribution is 2.48. The van der Waals surface area contributed by atoms with Crippen LogP contribution in [0.5, 0.6) is 11.5 Å². The summed E-state index contributed by atoms with van der Waals surface area (Å²) in [6.45, 7) is 1.81. The van der Waals surface area contributed by atoms with Crippen LogP contribution in [0.25, 0.3) is 0 Å². The molecule has 0 saturated heterocycles. The zero-order valence-electron chi connectivity index (χ0n) is 16.5. The molecule has 2 saturated carbocycles. The molecule has 0 aromatic heterocycles. The maximum Gasteiger partial charge on any atom is 0.223 e. The van der Waals surface area contributed by atoms with Gasteiger partial charge in [0.2, 0.25) is 5.91 Å². The van der Waals surface area contributed by atoms with Crippen LogP contribution >= 0.6 is 0 Å². The molecule has 2 aromatic carbocycles. The van der Waals surface area contributed by atoms with Gasteiger partial charge >= 0.3 is 0 Å². The Bertz CT molecular complexity index is 905. The van der Waals surface area contributed by atoms with Crippen molar-refractivity contribution in [1.82, 2.24) is 5.32 Å². The zero-order chi connectivity index (χ0) is 19.8. The number of nitrogens with one attached hydrogen (secondary N) is 1. The lowest BCUT2D eigenvalue weighted by atomic mass is 9.78. The SMILES string of the molecule is O=C(NCC1(c2ccc3c(c2)OCCO3)CCCC1)C1CC1c1ccc(F)cc1. The molecule has 1 amide bonds. The maximum atomic E-state index is 13.1. The van der Waals surface area contributed by atoms with Gasteiger partial charge in [0.25, 0.3) is 0 Å². The van der Waals surface area contributed by atoms with E-state index >= 15 is 0 Å². The van der Waals surface area contributed by atoms with Crippen molar-refractivity contribution >= 4 is 5.91 Å². The van der Waals surface area contributed by atoms with Crippen molar-refractivity contribution < 1.29 is 18.7 Å². The number of amides is 1. The quantitative estimate of drug-likeness (QED) is 0.820. The Kier molecular flexibility index (Phi) is 4.69. The van der Waals surface area contributed by atoms with Crippen LogP contribution in [0.4, 0.5) is 4.39 Å². The molecular formula is C24H26FNO3. The lowest BCUT2D eigenvalue weighted by Gasteiger charge is -2.31. The van der Waals surface area contributed by atoms with Crippen molar-refractivity contribution in [2.24, 2.45) is 5.92 Å². The summed E-state index contributed by atoms with van der Waals surface area (Å²) in [5.41, 5.74) is 2.24. The summed E-state index contributed by atoms with van der Waals surface area (Å²) in [6, 6.07) is 12.8. The molecule has 29 heavy (non-hydrogen) atoms. The van der Waals surface area contributed by atoms with E-state index in [2.05, 4.69) is 17.4 Å². The summed E-state index contributed by atoms with van der Waals surface area (Å²) >= 11 is 0. The van der Waals surface area contributed by atoms with Crippen LogP contribution < -0.4 is 14.8 Å². The van der Waals surface area contributed by atoms with Gasteiger partial charge in [-0.3, -0.25) is 4.79 Å². The van der Waals surface area contributed by atoms with Crippen LogP contribution in [0.1, 0.15) is 49.1 Å². The predicted molar refractivity (Wildman–Crippen MR) is 108 cm³/mol.